The Hall–Kier alpha value is -2.26. The second-order valence-corrected chi connectivity index (χ2v) is 8.03. The molecule has 27 heavy (non-hydrogen) atoms. The molecule has 0 aliphatic rings. The number of hydrogen-bond donors (Lipinski definition) is 2. The van der Waals surface area contributed by atoms with Crippen LogP contribution in [0.5, 0.6) is 0 Å². The largest absolute Gasteiger partial charge is 0.310 e. The van der Waals surface area contributed by atoms with Crippen LogP contribution in [0, 0.1) is 0 Å². The summed E-state index contributed by atoms with van der Waals surface area (Å²) in [6, 6.07) is 7.16. The molecule has 0 atom stereocenters. The molecule has 0 spiro atoms. The van der Waals surface area contributed by atoms with E-state index in [0.29, 0.717) is 23.6 Å². The molecule has 3 heterocycles. The molecule has 142 valence electrons. The van der Waals surface area contributed by atoms with Gasteiger partial charge in [0.05, 0.1) is 10.6 Å². The van der Waals surface area contributed by atoms with Crippen LogP contribution in [0.2, 0.25) is 0 Å². The molecule has 0 aromatic carbocycles. The van der Waals surface area contributed by atoms with Gasteiger partial charge < -0.3 is 5.32 Å². The van der Waals surface area contributed by atoms with Crippen LogP contribution in [-0.4, -0.2) is 31.0 Å². The van der Waals surface area contributed by atoms with Crippen LogP contribution in [0.1, 0.15) is 38.3 Å². The third-order valence-electron chi connectivity index (χ3n) is 3.83. The van der Waals surface area contributed by atoms with Crippen molar-refractivity contribution in [3.63, 3.8) is 0 Å². The lowest BCUT2D eigenvalue weighted by Crippen LogP contribution is -2.19. The minimum Gasteiger partial charge on any atom is -0.310 e. The van der Waals surface area contributed by atoms with Crippen LogP contribution in [0.25, 0.3) is 16.5 Å². The molecule has 3 aromatic heterocycles. The number of carbonyl (C=O) groups excluding carboxylic acids is 1. The van der Waals surface area contributed by atoms with E-state index in [1.54, 1.807) is 17.4 Å². The highest BCUT2D eigenvalue weighted by molar-refractivity contribution is 9.09. The summed E-state index contributed by atoms with van der Waals surface area (Å²) in [7, 11) is 0. The summed E-state index contributed by atoms with van der Waals surface area (Å²) in [4.78, 5) is 32.5. The van der Waals surface area contributed by atoms with Crippen molar-refractivity contribution in [3.05, 3.63) is 45.7 Å². The van der Waals surface area contributed by atoms with Gasteiger partial charge in [0.2, 0.25) is 11.9 Å². The number of hydrogen-bond acceptors (Lipinski definition) is 5. The first kappa shape index (κ1) is 19.5. The molecule has 7 nitrogen and oxygen atoms in total. The normalized spacial score (nSPS) is 11.1. The van der Waals surface area contributed by atoms with E-state index in [2.05, 4.69) is 36.3 Å². The van der Waals surface area contributed by atoms with Gasteiger partial charge in [-0.15, -0.1) is 11.3 Å². The second kappa shape index (κ2) is 8.62. The van der Waals surface area contributed by atoms with Crippen LogP contribution in [0.4, 0.5) is 5.82 Å². The first-order chi connectivity index (χ1) is 13.0. The van der Waals surface area contributed by atoms with Gasteiger partial charge in [0.25, 0.3) is 5.56 Å². The quantitative estimate of drug-likeness (QED) is 0.534. The Kier molecular flexibility index (Phi) is 6.22. The Morgan fingerprint density at radius 3 is 2.89 bits per heavy atom. The minimum atomic E-state index is -0.256. The monoisotopic (exact) mass is 449 g/mol. The molecule has 3 aromatic rings. The van der Waals surface area contributed by atoms with Crippen molar-refractivity contribution in [2.24, 2.45) is 0 Å². The molecule has 2 N–H and O–H groups in total. The lowest BCUT2D eigenvalue weighted by atomic mass is 10.1. The average molecular weight is 450 g/mol. The predicted molar refractivity (Wildman–Crippen MR) is 111 cm³/mol. The summed E-state index contributed by atoms with van der Waals surface area (Å²) in [5.74, 6) is 0.734. The summed E-state index contributed by atoms with van der Waals surface area (Å²) < 4.78 is 1.48. The zero-order chi connectivity index (χ0) is 19.4. The van der Waals surface area contributed by atoms with Crippen LogP contribution in [0.15, 0.2) is 34.4 Å². The van der Waals surface area contributed by atoms with Gasteiger partial charge in [-0.05, 0) is 23.8 Å². The standard InChI is InChI=1S/C18H20BrN5O2S/c1-11(2)12-10-17(26)22-18(20-12)24-15(21-16(25)6-3-7-19)9-13(23-24)14-5-4-8-27-14/h4-5,8-11H,3,6-7H2,1-2H3,(H,21,25)(H,20,22,26). The molecule has 3 rings (SSSR count). The Balaban J connectivity index is 2.05. The molecule has 0 aliphatic heterocycles. The van der Waals surface area contributed by atoms with E-state index < -0.39 is 0 Å². The van der Waals surface area contributed by atoms with Crippen molar-refractivity contribution in [1.29, 1.82) is 0 Å². The van der Waals surface area contributed by atoms with E-state index in [9.17, 15) is 9.59 Å². The number of alkyl halides is 1. The molecule has 9 heteroatoms. The maximum atomic E-state index is 12.2. The van der Waals surface area contributed by atoms with Crippen molar-refractivity contribution in [3.8, 4) is 16.5 Å². The van der Waals surface area contributed by atoms with Crippen LogP contribution in [0.3, 0.4) is 0 Å². The number of thiophene rings is 1. The Labute approximate surface area is 169 Å². The molecule has 0 unspecified atom stereocenters. The van der Waals surface area contributed by atoms with Crippen molar-refractivity contribution in [1.82, 2.24) is 19.7 Å². The highest BCUT2D eigenvalue weighted by Crippen LogP contribution is 2.27. The maximum Gasteiger partial charge on any atom is 0.252 e. The molecule has 0 radical (unpaired) electrons. The first-order valence-electron chi connectivity index (χ1n) is 8.59. The molecular formula is C18H20BrN5O2S. The number of nitrogens with zero attached hydrogens (tertiary/aromatic N) is 3. The summed E-state index contributed by atoms with van der Waals surface area (Å²) >= 11 is 4.88. The van der Waals surface area contributed by atoms with Crippen LogP contribution >= 0.6 is 27.3 Å². The number of rotatable bonds is 7. The zero-order valence-electron chi connectivity index (χ0n) is 15.0. The highest BCUT2D eigenvalue weighted by atomic mass is 79.9. The number of carbonyl (C=O) groups is 1. The van der Waals surface area contributed by atoms with Crippen molar-refractivity contribution in [2.75, 3.05) is 10.6 Å². The number of amides is 1. The lowest BCUT2D eigenvalue weighted by molar-refractivity contribution is -0.116. The number of H-pyrrole nitrogens is 1. The smallest absolute Gasteiger partial charge is 0.252 e. The molecule has 1 amide bonds. The SMILES string of the molecule is CC(C)c1cc(=O)[nH]c(-n2nc(-c3cccs3)cc2NC(=O)CCCBr)n1. The molecule has 0 saturated heterocycles. The van der Waals surface area contributed by atoms with Crippen LogP contribution < -0.4 is 10.9 Å². The number of halogens is 1. The fourth-order valence-corrected chi connectivity index (χ4v) is 3.43. The molecular weight excluding hydrogens is 430 g/mol. The predicted octanol–water partition coefficient (Wildman–Crippen LogP) is 3.92. The van der Waals surface area contributed by atoms with E-state index in [-0.39, 0.29) is 23.3 Å². The highest BCUT2D eigenvalue weighted by Gasteiger charge is 2.17. The summed E-state index contributed by atoms with van der Waals surface area (Å²) in [6.45, 7) is 3.93. The fourth-order valence-electron chi connectivity index (χ4n) is 2.47. The Morgan fingerprint density at radius 1 is 1.41 bits per heavy atom. The Bertz CT molecular complexity index is 978. The van der Waals surface area contributed by atoms with Gasteiger partial charge in [-0.25, -0.2) is 4.98 Å². The maximum absolute atomic E-state index is 12.2. The summed E-state index contributed by atoms with van der Waals surface area (Å²) in [5, 5.41) is 10.2. The van der Waals surface area contributed by atoms with E-state index in [0.717, 1.165) is 16.6 Å². The topological polar surface area (TPSA) is 92.7 Å². The van der Waals surface area contributed by atoms with Gasteiger partial charge in [0.1, 0.15) is 11.5 Å². The van der Waals surface area contributed by atoms with Crippen molar-refractivity contribution >= 4 is 39.0 Å². The second-order valence-electron chi connectivity index (χ2n) is 6.29. The lowest BCUT2D eigenvalue weighted by Gasteiger charge is -2.10. The summed E-state index contributed by atoms with van der Waals surface area (Å²) in [6.07, 6.45) is 1.12. The first-order valence-corrected chi connectivity index (χ1v) is 10.6. The zero-order valence-corrected chi connectivity index (χ0v) is 17.4. The van der Waals surface area contributed by atoms with E-state index in [1.165, 1.54) is 10.7 Å². The van der Waals surface area contributed by atoms with Gasteiger partial charge in [-0.2, -0.15) is 9.78 Å². The van der Waals surface area contributed by atoms with E-state index in [4.69, 9.17) is 0 Å². The number of anilines is 1. The number of aromatic nitrogens is 4. The molecule has 0 bridgehead atoms. The van der Waals surface area contributed by atoms with Crippen molar-refractivity contribution < 1.29 is 4.79 Å². The number of nitrogens with one attached hydrogen (secondary N) is 2. The minimum absolute atomic E-state index is 0.0929. The summed E-state index contributed by atoms with van der Waals surface area (Å²) in [5.41, 5.74) is 1.12. The van der Waals surface area contributed by atoms with Gasteiger partial charge in [0, 0.05) is 23.9 Å². The van der Waals surface area contributed by atoms with Crippen molar-refractivity contribution in [2.45, 2.75) is 32.6 Å². The van der Waals surface area contributed by atoms with Gasteiger partial charge in [-0.3, -0.25) is 14.6 Å². The van der Waals surface area contributed by atoms with E-state index >= 15 is 0 Å². The number of aromatic amines is 1. The molecule has 0 aliphatic carbocycles. The van der Waals surface area contributed by atoms with Crippen LogP contribution in [-0.2, 0) is 4.79 Å². The van der Waals surface area contributed by atoms with Gasteiger partial charge in [-0.1, -0.05) is 35.8 Å². The fraction of sp³-hybridized carbons (Fsp3) is 0.333. The average Bonchev–Trinajstić information content (AvgIpc) is 3.29. The third-order valence-corrected chi connectivity index (χ3v) is 5.28. The molecule has 0 saturated carbocycles. The van der Waals surface area contributed by atoms with Gasteiger partial charge in [0.15, 0.2) is 0 Å². The van der Waals surface area contributed by atoms with Gasteiger partial charge >= 0.3 is 0 Å². The molecule has 0 fully saturated rings. The Morgan fingerprint density at radius 2 is 2.22 bits per heavy atom. The third kappa shape index (κ3) is 4.72. The van der Waals surface area contributed by atoms with E-state index in [1.807, 2.05) is 31.4 Å².